The zero-order chi connectivity index (χ0) is 9.68. The summed E-state index contributed by atoms with van der Waals surface area (Å²) in [6.45, 7) is -0.788. The predicted octanol–water partition coefficient (Wildman–Crippen LogP) is 1.53. The van der Waals surface area contributed by atoms with E-state index in [-0.39, 0.29) is 12.4 Å². The van der Waals surface area contributed by atoms with Crippen molar-refractivity contribution in [3.05, 3.63) is 30.1 Å². The summed E-state index contributed by atoms with van der Waals surface area (Å²) in [6, 6.07) is 5.25. The Bertz CT molecular complexity index is 248. The number of hydrogen-bond acceptors (Lipinski definition) is 2. The highest BCUT2D eigenvalue weighted by atomic mass is 19.1. The van der Waals surface area contributed by atoms with Crippen molar-refractivity contribution in [1.82, 2.24) is 0 Å². The van der Waals surface area contributed by atoms with E-state index in [4.69, 9.17) is 9.84 Å². The Morgan fingerprint density at radius 1 is 1.31 bits per heavy atom. The lowest BCUT2D eigenvalue weighted by molar-refractivity contribution is 0.123. The molecule has 13 heavy (non-hydrogen) atoms. The van der Waals surface area contributed by atoms with Gasteiger partial charge in [-0.1, -0.05) is 0 Å². The number of benzene rings is 1. The summed E-state index contributed by atoms with van der Waals surface area (Å²) in [5.41, 5.74) is 0. The maximum Gasteiger partial charge on any atom is 0.157 e. The molecule has 0 aromatic heterocycles. The minimum atomic E-state index is -1.40. The Hall–Kier alpha value is -1.16. The van der Waals surface area contributed by atoms with Gasteiger partial charge in [0, 0.05) is 0 Å². The molecule has 1 N–H and O–H groups in total. The molecule has 0 saturated heterocycles. The minimum absolute atomic E-state index is 0.220. The lowest BCUT2D eigenvalue weighted by atomic mass is 10.3. The van der Waals surface area contributed by atoms with Gasteiger partial charge in [0.05, 0.1) is 6.61 Å². The Morgan fingerprint density at radius 2 is 1.92 bits per heavy atom. The largest absolute Gasteiger partial charge is 0.490 e. The van der Waals surface area contributed by atoms with E-state index in [0.717, 1.165) is 0 Å². The third kappa shape index (κ3) is 3.38. The summed E-state index contributed by atoms with van der Waals surface area (Å²) in [4.78, 5) is 0. The van der Waals surface area contributed by atoms with Gasteiger partial charge in [-0.3, -0.25) is 0 Å². The van der Waals surface area contributed by atoms with E-state index < -0.39 is 12.8 Å². The van der Waals surface area contributed by atoms with Crippen molar-refractivity contribution in [2.45, 2.75) is 6.17 Å². The van der Waals surface area contributed by atoms with Crippen LogP contribution in [0.3, 0.4) is 0 Å². The van der Waals surface area contributed by atoms with Crippen LogP contribution in [0.15, 0.2) is 24.3 Å². The number of halogens is 2. The number of ether oxygens (including phenoxy) is 1. The van der Waals surface area contributed by atoms with E-state index >= 15 is 0 Å². The molecule has 0 aliphatic heterocycles. The second-order valence-corrected chi connectivity index (χ2v) is 2.54. The van der Waals surface area contributed by atoms with Gasteiger partial charge in [-0.15, -0.1) is 0 Å². The van der Waals surface area contributed by atoms with Crippen LogP contribution >= 0.6 is 0 Å². The molecule has 1 rings (SSSR count). The van der Waals surface area contributed by atoms with Crippen molar-refractivity contribution in [2.24, 2.45) is 0 Å². The average molecular weight is 188 g/mol. The van der Waals surface area contributed by atoms with E-state index in [1.165, 1.54) is 24.3 Å². The van der Waals surface area contributed by atoms with Crippen molar-refractivity contribution in [3.8, 4) is 5.75 Å². The van der Waals surface area contributed by atoms with Gasteiger partial charge in [0.2, 0.25) is 0 Å². The second kappa shape index (κ2) is 4.77. The molecule has 1 atom stereocenters. The number of aliphatic hydroxyl groups is 1. The molecule has 1 aromatic carbocycles. The van der Waals surface area contributed by atoms with Gasteiger partial charge >= 0.3 is 0 Å². The molecule has 0 saturated carbocycles. The van der Waals surface area contributed by atoms with E-state index in [0.29, 0.717) is 5.75 Å². The monoisotopic (exact) mass is 188 g/mol. The zero-order valence-corrected chi connectivity index (χ0v) is 6.91. The molecule has 72 valence electrons. The van der Waals surface area contributed by atoms with Gasteiger partial charge in [-0.2, -0.15) is 0 Å². The van der Waals surface area contributed by atoms with Crippen molar-refractivity contribution in [1.29, 1.82) is 0 Å². The molecule has 0 amide bonds. The normalized spacial score (nSPS) is 12.5. The van der Waals surface area contributed by atoms with Crippen LogP contribution in [0.1, 0.15) is 0 Å². The van der Waals surface area contributed by atoms with Crippen LogP contribution in [0.25, 0.3) is 0 Å². The standard InChI is InChI=1S/C9H10F2O2/c10-7-1-3-9(4-2-7)13-6-8(11)5-12/h1-4,8,12H,5-6H2. The van der Waals surface area contributed by atoms with Crippen molar-refractivity contribution in [3.63, 3.8) is 0 Å². The third-order valence-electron chi connectivity index (χ3n) is 1.44. The molecule has 0 spiro atoms. The van der Waals surface area contributed by atoms with E-state index in [9.17, 15) is 8.78 Å². The summed E-state index contributed by atoms with van der Waals surface area (Å²) in [5, 5.41) is 8.34. The van der Waals surface area contributed by atoms with Crippen LogP contribution in [0.4, 0.5) is 8.78 Å². The van der Waals surface area contributed by atoms with Crippen molar-refractivity contribution in [2.75, 3.05) is 13.2 Å². The Labute approximate surface area is 74.8 Å². The molecule has 1 aromatic rings. The average Bonchev–Trinajstić information content (AvgIpc) is 2.16. The summed E-state index contributed by atoms with van der Waals surface area (Å²) in [6.07, 6.45) is -1.40. The van der Waals surface area contributed by atoms with Gasteiger partial charge in [-0.05, 0) is 24.3 Å². The Balaban J connectivity index is 2.41. The third-order valence-corrected chi connectivity index (χ3v) is 1.44. The molecule has 4 heteroatoms. The molecule has 0 radical (unpaired) electrons. The van der Waals surface area contributed by atoms with Gasteiger partial charge in [0.25, 0.3) is 0 Å². The van der Waals surface area contributed by atoms with Crippen molar-refractivity contribution >= 4 is 0 Å². The van der Waals surface area contributed by atoms with Crippen LogP contribution in [0.5, 0.6) is 5.75 Å². The SMILES string of the molecule is OCC(F)COc1ccc(F)cc1. The Kier molecular flexibility index (Phi) is 3.64. The first kappa shape index (κ1) is 9.92. The highest BCUT2D eigenvalue weighted by molar-refractivity contribution is 5.21. The highest BCUT2D eigenvalue weighted by Crippen LogP contribution is 2.11. The molecule has 2 nitrogen and oxygen atoms in total. The number of aliphatic hydroxyl groups excluding tert-OH is 1. The molecule has 0 heterocycles. The number of hydrogen-bond donors (Lipinski definition) is 1. The minimum Gasteiger partial charge on any atom is -0.490 e. The van der Waals surface area contributed by atoms with Gasteiger partial charge in [0.1, 0.15) is 18.2 Å². The summed E-state index contributed by atoms with van der Waals surface area (Å²) >= 11 is 0. The van der Waals surface area contributed by atoms with E-state index in [1.54, 1.807) is 0 Å². The molecular weight excluding hydrogens is 178 g/mol. The fourth-order valence-corrected chi connectivity index (χ4v) is 0.770. The smallest absolute Gasteiger partial charge is 0.157 e. The molecule has 0 fully saturated rings. The summed E-state index contributed by atoms with van der Waals surface area (Å²) in [7, 11) is 0. The zero-order valence-electron chi connectivity index (χ0n) is 6.91. The summed E-state index contributed by atoms with van der Waals surface area (Å²) in [5.74, 6) is 0.0174. The van der Waals surface area contributed by atoms with Crippen molar-refractivity contribution < 1.29 is 18.6 Å². The first-order valence-electron chi connectivity index (χ1n) is 3.85. The van der Waals surface area contributed by atoms with Crippen LogP contribution < -0.4 is 4.74 Å². The first-order valence-corrected chi connectivity index (χ1v) is 3.85. The van der Waals surface area contributed by atoms with Gasteiger partial charge < -0.3 is 9.84 Å². The molecular formula is C9H10F2O2. The topological polar surface area (TPSA) is 29.5 Å². The molecule has 1 unspecified atom stereocenters. The lowest BCUT2D eigenvalue weighted by Gasteiger charge is -2.07. The molecule has 0 bridgehead atoms. The fourth-order valence-electron chi connectivity index (χ4n) is 0.770. The van der Waals surface area contributed by atoms with Gasteiger partial charge in [0.15, 0.2) is 6.17 Å². The fraction of sp³-hybridized carbons (Fsp3) is 0.333. The maximum absolute atomic E-state index is 12.4. The van der Waals surface area contributed by atoms with Crippen LogP contribution in [-0.2, 0) is 0 Å². The molecule has 0 aliphatic carbocycles. The summed E-state index contributed by atoms with van der Waals surface area (Å²) < 4.78 is 29.7. The second-order valence-electron chi connectivity index (χ2n) is 2.54. The highest BCUT2D eigenvalue weighted by Gasteiger charge is 2.04. The predicted molar refractivity (Wildman–Crippen MR) is 43.9 cm³/mol. The van der Waals surface area contributed by atoms with Gasteiger partial charge in [-0.25, -0.2) is 8.78 Å². The van der Waals surface area contributed by atoms with E-state index in [1.807, 2.05) is 0 Å². The van der Waals surface area contributed by atoms with Crippen LogP contribution in [0, 0.1) is 5.82 Å². The van der Waals surface area contributed by atoms with E-state index in [2.05, 4.69) is 0 Å². The van der Waals surface area contributed by atoms with Crippen LogP contribution in [0.2, 0.25) is 0 Å². The molecule has 0 aliphatic rings. The number of rotatable bonds is 4. The maximum atomic E-state index is 12.4. The van der Waals surface area contributed by atoms with Crippen LogP contribution in [-0.4, -0.2) is 24.5 Å². The quantitative estimate of drug-likeness (QED) is 0.776. The lowest BCUT2D eigenvalue weighted by Crippen LogP contribution is -2.16. The number of alkyl halides is 1. The first-order chi connectivity index (χ1) is 6.22. The Morgan fingerprint density at radius 3 is 2.46 bits per heavy atom.